The molecule has 0 aliphatic carbocycles. The van der Waals surface area contributed by atoms with Gasteiger partial charge < -0.3 is 33.8 Å². The number of rotatable bonds is 5. The summed E-state index contributed by atoms with van der Waals surface area (Å²) >= 11 is 0. The summed E-state index contributed by atoms with van der Waals surface area (Å²) in [6.07, 6.45) is 2.41. The second-order valence-electron chi connectivity index (χ2n) is 7.79. The highest BCUT2D eigenvalue weighted by Gasteiger charge is 2.36. The van der Waals surface area contributed by atoms with Crippen molar-refractivity contribution in [3.8, 4) is 0 Å². The minimum Gasteiger partial charge on any atom is -1.00 e. The van der Waals surface area contributed by atoms with Crippen LogP contribution in [0.15, 0.2) is 48.5 Å². The van der Waals surface area contributed by atoms with Crippen LogP contribution in [0.2, 0.25) is 0 Å². The topological polar surface area (TPSA) is 29.1 Å². The van der Waals surface area contributed by atoms with E-state index in [1.807, 2.05) is 6.07 Å². The highest BCUT2D eigenvalue weighted by atomic mass is 127. The van der Waals surface area contributed by atoms with E-state index < -0.39 is 0 Å². The van der Waals surface area contributed by atoms with E-state index >= 15 is 0 Å². The van der Waals surface area contributed by atoms with E-state index in [2.05, 4.69) is 68.6 Å². The lowest BCUT2D eigenvalue weighted by Crippen LogP contribution is -3.00. The van der Waals surface area contributed by atoms with Gasteiger partial charge in [0.2, 0.25) is 0 Å². The summed E-state index contributed by atoms with van der Waals surface area (Å²) in [7, 11) is 0. The molecule has 3 nitrogen and oxygen atoms in total. The summed E-state index contributed by atoms with van der Waals surface area (Å²) in [6.45, 7) is 10.1. The molecule has 0 spiro atoms. The number of hydrogen-bond acceptors (Lipinski definition) is 1. The van der Waals surface area contributed by atoms with Gasteiger partial charge in [-0.05, 0) is 50.3 Å². The molecular weight excluding hydrogens is 447 g/mol. The predicted molar refractivity (Wildman–Crippen MR) is 108 cm³/mol. The maximum absolute atomic E-state index is 12.9. The SMILES string of the molecule is CC[N+]1(CC(=O)Nc2c(C)cccc2C)CCCC(c2ccccc2)C1.[I-]. The number of amides is 1. The number of piperidine rings is 1. The molecule has 0 radical (unpaired) electrons. The number of carbonyl (C=O) groups is 1. The molecule has 1 saturated heterocycles. The molecule has 146 valence electrons. The van der Waals surface area contributed by atoms with Crippen LogP contribution in [0, 0.1) is 13.8 Å². The summed E-state index contributed by atoms with van der Waals surface area (Å²) < 4.78 is 0.885. The molecule has 1 amide bonds. The monoisotopic (exact) mass is 478 g/mol. The smallest absolute Gasteiger partial charge is 0.279 e. The summed E-state index contributed by atoms with van der Waals surface area (Å²) in [5.74, 6) is 0.691. The van der Waals surface area contributed by atoms with Gasteiger partial charge in [-0.3, -0.25) is 4.79 Å². The number of carbonyl (C=O) groups excluding carboxylic acids is 1. The van der Waals surface area contributed by atoms with Gasteiger partial charge in [0.25, 0.3) is 5.91 Å². The first-order chi connectivity index (χ1) is 12.5. The molecule has 2 atom stereocenters. The fourth-order valence-corrected chi connectivity index (χ4v) is 4.36. The average Bonchev–Trinajstić information content (AvgIpc) is 2.66. The van der Waals surface area contributed by atoms with Crippen molar-refractivity contribution in [2.75, 3.05) is 31.5 Å². The van der Waals surface area contributed by atoms with E-state index in [0.717, 1.165) is 40.9 Å². The Hall–Kier alpha value is -1.40. The lowest BCUT2D eigenvalue weighted by atomic mass is 9.89. The van der Waals surface area contributed by atoms with E-state index in [1.54, 1.807) is 0 Å². The number of para-hydroxylation sites is 1. The van der Waals surface area contributed by atoms with Gasteiger partial charge >= 0.3 is 0 Å². The highest BCUT2D eigenvalue weighted by Crippen LogP contribution is 2.31. The van der Waals surface area contributed by atoms with Gasteiger partial charge in [-0.1, -0.05) is 48.5 Å². The van der Waals surface area contributed by atoms with Crippen molar-refractivity contribution >= 4 is 11.6 Å². The zero-order chi connectivity index (χ0) is 18.6. The Balaban J connectivity index is 0.00000261. The fourth-order valence-electron chi connectivity index (χ4n) is 4.36. The normalized spacial score (nSPS) is 22.0. The molecule has 0 aromatic heterocycles. The van der Waals surface area contributed by atoms with E-state index in [4.69, 9.17) is 0 Å². The first kappa shape index (κ1) is 21.9. The highest BCUT2D eigenvalue weighted by molar-refractivity contribution is 5.93. The van der Waals surface area contributed by atoms with E-state index in [-0.39, 0.29) is 29.9 Å². The second kappa shape index (κ2) is 9.69. The maximum Gasteiger partial charge on any atom is 0.279 e. The molecule has 0 bridgehead atoms. The molecule has 1 aliphatic rings. The summed E-state index contributed by atoms with van der Waals surface area (Å²) in [5, 5.41) is 3.18. The molecule has 2 unspecified atom stereocenters. The van der Waals surface area contributed by atoms with Gasteiger partial charge in [-0.2, -0.15) is 0 Å². The van der Waals surface area contributed by atoms with Crippen molar-refractivity contribution in [2.24, 2.45) is 0 Å². The molecule has 4 heteroatoms. The largest absolute Gasteiger partial charge is 1.00 e. The van der Waals surface area contributed by atoms with Crippen LogP contribution in [-0.4, -0.2) is 36.6 Å². The molecule has 1 N–H and O–H groups in total. The molecule has 1 heterocycles. The Morgan fingerprint density at radius 1 is 1.07 bits per heavy atom. The third kappa shape index (κ3) is 5.32. The van der Waals surface area contributed by atoms with Gasteiger partial charge in [0.05, 0.1) is 19.6 Å². The molecule has 0 saturated carbocycles. The summed E-state index contributed by atoms with van der Waals surface area (Å²) in [4.78, 5) is 12.9. The van der Waals surface area contributed by atoms with Crippen LogP contribution in [0.1, 0.15) is 42.4 Å². The predicted octanol–water partition coefficient (Wildman–Crippen LogP) is 1.66. The van der Waals surface area contributed by atoms with Crippen molar-refractivity contribution < 1.29 is 33.3 Å². The standard InChI is InChI=1S/C23H30N2O.HI/c1-4-25(15-9-14-21(16-25)20-12-6-5-7-13-20)17-22(26)24-23-18(2)10-8-11-19(23)3;/h5-8,10-13,21H,4,9,14-17H2,1-3H3;1H. The van der Waals surface area contributed by atoms with Gasteiger partial charge in [0.1, 0.15) is 0 Å². The zero-order valence-corrected chi connectivity index (χ0v) is 18.8. The number of quaternary nitrogens is 1. The minimum absolute atomic E-state index is 0. The van der Waals surface area contributed by atoms with Gasteiger partial charge in [-0.15, -0.1) is 0 Å². The minimum atomic E-state index is 0. The van der Waals surface area contributed by atoms with Crippen LogP contribution in [0.5, 0.6) is 0 Å². The number of halogens is 1. The van der Waals surface area contributed by atoms with Crippen molar-refractivity contribution in [2.45, 2.75) is 39.5 Å². The van der Waals surface area contributed by atoms with Crippen molar-refractivity contribution in [3.63, 3.8) is 0 Å². The molecule has 2 aromatic rings. The van der Waals surface area contributed by atoms with Gasteiger partial charge in [-0.25, -0.2) is 0 Å². The average molecular weight is 478 g/mol. The molecule has 27 heavy (non-hydrogen) atoms. The molecule has 1 aliphatic heterocycles. The van der Waals surface area contributed by atoms with Gasteiger partial charge in [0, 0.05) is 11.6 Å². The third-order valence-electron chi connectivity index (χ3n) is 5.96. The molecule has 3 rings (SSSR count). The van der Waals surface area contributed by atoms with Gasteiger partial charge in [0.15, 0.2) is 6.54 Å². The fraction of sp³-hybridized carbons (Fsp3) is 0.435. The Labute approximate surface area is 180 Å². The number of nitrogens with zero attached hydrogens (tertiary/aromatic N) is 1. The third-order valence-corrected chi connectivity index (χ3v) is 5.96. The summed E-state index contributed by atoms with van der Waals surface area (Å²) in [5.41, 5.74) is 4.64. The van der Waals surface area contributed by atoms with Crippen LogP contribution in [0.4, 0.5) is 5.69 Å². The first-order valence-electron chi connectivity index (χ1n) is 9.79. The maximum atomic E-state index is 12.9. The number of nitrogens with one attached hydrogen (secondary N) is 1. The number of anilines is 1. The zero-order valence-electron chi connectivity index (χ0n) is 16.7. The van der Waals surface area contributed by atoms with Crippen LogP contribution in [0.3, 0.4) is 0 Å². The number of benzene rings is 2. The number of likely N-dealkylation sites (N-methyl/N-ethyl adjacent to an activating group) is 1. The van der Waals surface area contributed by atoms with Crippen LogP contribution >= 0.6 is 0 Å². The van der Waals surface area contributed by atoms with Crippen molar-refractivity contribution in [1.29, 1.82) is 0 Å². The molecule has 1 fully saturated rings. The van der Waals surface area contributed by atoms with Crippen molar-refractivity contribution in [1.82, 2.24) is 0 Å². The number of likely N-dealkylation sites (tertiary alicyclic amines) is 1. The Morgan fingerprint density at radius 2 is 1.74 bits per heavy atom. The van der Waals surface area contributed by atoms with Crippen molar-refractivity contribution in [3.05, 3.63) is 65.2 Å². The van der Waals surface area contributed by atoms with Crippen LogP contribution in [-0.2, 0) is 4.79 Å². The first-order valence-corrected chi connectivity index (χ1v) is 9.79. The Bertz CT molecular complexity index is 742. The van der Waals surface area contributed by atoms with E-state index in [0.29, 0.717) is 12.5 Å². The van der Waals surface area contributed by atoms with Crippen LogP contribution in [0.25, 0.3) is 0 Å². The Morgan fingerprint density at radius 3 is 2.37 bits per heavy atom. The Kier molecular flexibility index (Phi) is 7.86. The molecule has 2 aromatic carbocycles. The van der Waals surface area contributed by atoms with E-state index in [1.165, 1.54) is 18.4 Å². The lowest BCUT2D eigenvalue weighted by molar-refractivity contribution is -0.924. The summed E-state index contributed by atoms with van der Waals surface area (Å²) in [6, 6.07) is 16.9. The lowest BCUT2D eigenvalue weighted by Gasteiger charge is -2.43. The van der Waals surface area contributed by atoms with Crippen LogP contribution < -0.4 is 29.3 Å². The number of hydrogen-bond donors (Lipinski definition) is 1. The van der Waals surface area contributed by atoms with E-state index in [9.17, 15) is 4.79 Å². The molecular formula is C23H31IN2O. The number of aryl methyl sites for hydroxylation is 2. The quantitative estimate of drug-likeness (QED) is 0.514. The second-order valence-corrected chi connectivity index (χ2v) is 7.79.